The Hall–Kier alpha value is -4.54. The highest BCUT2D eigenvalue weighted by molar-refractivity contribution is 5.94. The summed E-state index contributed by atoms with van der Waals surface area (Å²) in [5.74, 6) is -1.11. The molecule has 0 aliphatic carbocycles. The van der Waals surface area contributed by atoms with E-state index in [4.69, 9.17) is 4.74 Å². The van der Waals surface area contributed by atoms with Crippen molar-refractivity contribution in [2.75, 3.05) is 24.9 Å². The molecule has 2 amide bonds. The van der Waals surface area contributed by atoms with Gasteiger partial charge in [0.25, 0.3) is 11.8 Å². The van der Waals surface area contributed by atoms with Gasteiger partial charge in [-0.1, -0.05) is 66.7 Å². The molecule has 3 rings (SSSR count). The third-order valence-electron chi connectivity index (χ3n) is 6.63. The van der Waals surface area contributed by atoms with Gasteiger partial charge in [-0.15, -0.1) is 0 Å². The Morgan fingerprint density at radius 3 is 1.56 bits per heavy atom. The second kappa shape index (κ2) is 22.0. The van der Waals surface area contributed by atoms with Crippen molar-refractivity contribution in [3.8, 4) is 0 Å². The number of ether oxygens (including phenoxy) is 3. The van der Waals surface area contributed by atoms with E-state index < -0.39 is 18.1 Å². The van der Waals surface area contributed by atoms with Gasteiger partial charge in [0, 0.05) is 24.2 Å². The molecule has 0 fully saturated rings. The third-order valence-corrected chi connectivity index (χ3v) is 6.63. The van der Waals surface area contributed by atoms with E-state index in [0.717, 1.165) is 11.3 Å². The minimum absolute atomic E-state index is 0.176. The summed E-state index contributed by atoms with van der Waals surface area (Å²) in [6.45, 7) is 0.366. The topological polar surface area (TPSA) is 140 Å². The summed E-state index contributed by atoms with van der Waals surface area (Å²) in [7, 11) is 2.71. The summed E-state index contributed by atoms with van der Waals surface area (Å²) in [6.07, 6.45) is 2.46. The molecule has 0 saturated carbocycles. The van der Waals surface area contributed by atoms with Crippen molar-refractivity contribution < 1.29 is 38.5 Å². The summed E-state index contributed by atoms with van der Waals surface area (Å²) in [5.41, 5.74) is 2.40. The average Bonchev–Trinajstić information content (AvgIpc) is 3.07. The molecule has 0 aromatic heterocycles. The smallest absolute Gasteiger partial charge is 0.305 e. The van der Waals surface area contributed by atoms with Crippen LogP contribution in [0, 0.1) is 0 Å². The van der Waals surface area contributed by atoms with Gasteiger partial charge in [-0.3, -0.25) is 19.2 Å². The first kappa shape index (κ1) is 36.7. The maximum absolute atomic E-state index is 12.6. The first-order valence-corrected chi connectivity index (χ1v) is 15.0. The number of hydrogen-bond acceptors (Lipinski definition) is 8. The molecular weight excluding hydrogens is 576 g/mol. The van der Waals surface area contributed by atoms with Crippen molar-refractivity contribution in [2.24, 2.45) is 0 Å². The molecular formula is C35H44N2O8. The first-order chi connectivity index (χ1) is 21.8. The Balaban J connectivity index is 0.000000330. The van der Waals surface area contributed by atoms with E-state index in [-0.39, 0.29) is 17.8 Å². The molecule has 242 valence electrons. The lowest BCUT2D eigenvalue weighted by molar-refractivity contribution is -0.141. The van der Waals surface area contributed by atoms with Gasteiger partial charge >= 0.3 is 11.9 Å². The molecule has 0 saturated heterocycles. The molecule has 2 unspecified atom stereocenters. The fraction of sp³-hybridized carbons (Fsp3) is 0.371. The Morgan fingerprint density at radius 1 is 0.622 bits per heavy atom. The van der Waals surface area contributed by atoms with E-state index >= 15 is 0 Å². The van der Waals surface area contributed by atoms with E-state index in [0.29, 0.717) is 63.7 Å². The number of methoxy groups -OCH3 is 2. The SMILES string of the molecule is COC(=O)CCCCC(O)C(=O)Nc1ccccc1.COC(=O)CCCCC(OCc1ccccc1)C(=O)Nc1ccccc1. The van der Waals surface area contributed by atoms with Crippen LogP contribution < -0.4 is 10.6 Å². The molecule has 10 heteroatoms. The van der Waals surface area contributed by atoms with Crippen LogP contribution in [0.15, 0.2) is 91.0 Å². The largest absolute Gasteiger partial charge is 0.469 e. The van der Waals surface area contributed by atoms with Crippen LogP contribution in [0.2, 0.25) is 0 Å². The lowest BCUT2D eigenvalue weighted by Gasteiger charge is -2.18. The van der Waals surface area contributed by atoms with Gasteiger partial charge < -0.3 is 30.0 Å². The summed E-state index contributed by atoms with van der Waals surface area (Å²) in [5, 5.41) is 15.2. The normalized spacial score (nSPS) is 11.6. The second-order valence-electron chi connectivity index (χ2n) is 10.2. The molecule has 3 aromatic rings. The standard InChI is InChI=1S/C21H25NO4.C14H19NO4/c1-25-20(23)15-9-8-14-19(26-16-17-10-4-2-5-11-17)21(24)22-18-12-6-3-7-13-18;1-19-13(17)10-6-5-9-12(16)14(18)15-11-7-3-2-4-8-11/h2-7,10-13,19H,8-9,14-16H2,1H3,(H,22,24);2-4,7-8,12,16H,5-6,9-10H2,1H3,(H,15,18). The number of carbonyl (C=O) groups excluding carboxylic acids is 4. The van der Waals surface area contributed by atoms with Crippen LogP contribution in [0.4, 0.5) is 11.4 Å². The molecule has 0 heterocycles. The van der Waals surface area contributed by atoms with Gasteiger partial charge in [0.2, 0.25) is 0 Å². The number of nitrogens with one attached hydrogen (secondary N) is 2. The zero-order chi connectivity index (χ0) is 32.7. The Morgan fingerprint density at radius 2 is 1.07 bits per heavy atom. The number of para-hydroxylation sites is 2. The van der Waals surface area contributed by atoms with Gasteiger partial charge in [-0.2, -0.15) is 0 Å². The molecule has 0 bridgehead atoms. The van der Waals surface area contributed by atoms with Gasteiger partial charge in [0.05, 0.1) is 20.8 Å². The number of hydrogen-bond donors (Lipinski definition) is 3. The molecule has 0 aliphatic heterocycles. The van der Waals surface area contributed by atoms with Crippen molar-refractivity contribution in [3.63, 3.8) is 0 Å². The van der Waals surface area contributed by atoms with Gasteiger partial charge in [-0.25, -0.2) is 0 Å². The average molecular weight is 621 g/mol. The van der Waals surface area contributed by atoms with Crippen LogP contribution in [-0.4, -0.2) is 55.3 Å². The van der Waals surface area contributed by atoms with Gasteiger partial charge in [0.1, 0.15) is 12.2 Å². The number of anilines is 2. The van der Waals surface area contributed by atoms with E-state index in [1.54, 1.807) is 24.3 Å². The summed E-state index contributed by atoms with van der Waals surface area (Å²) >= 11 is 0. The predicted molar refractivity (Wildman–Crippen MR) is 172 cm³/mol. The highest BCUT2D eigenvalue weighted by Gasteiger charge is 2.19. The maximum Gasteiger partial charge on any atom is 0.305 e. The molecule has 0 radical (unpaired) electrons. The lowest BCUT2D eigenvalue weighted by Crippen LogP contribution is -2.30. The van der Waals surface area contributed by atoms with E-state index in [9.17, 15) is 24.3 Å². The molecule has 3 N–H and O–H groups in total. The number of benzene rings is 3. The summed E-state index contributed by atoms with van der Waals surface area (Å²) in [6, 6.07) is 28.0. The van der Waals surface area contributed by atoms with Crippen molar-refractivity contribution >= 4 is 35.1 Å². The first-order valence-electron chi connectivity index (χ1n) is 15.0. The summed E-state index contributed by atoms with van der Waals surface area (Å²) in [4.78, 5) is 46.3. The van der Waals surface area contributed by atoms with Crippen molar-refractivity contribution in [3.05, 3.63) is 96.6 Å². The quantitative estimate of drug-likeness (QED) is 0.130. The zero-order valence-electron chi connectivity index (χ0n) is 26.0. The van der Waals surface area contributed by atoms with Crippen LogP contribution in [-0.2, 0) is 40.0 Å². The van der Waals surface area contributed by atoms with Gasteiger partial charge in [0.15, 0.2) is 0 Å². The fourth-order valence-corrected chi connectivity index (χ4v) is 4.09. The molecule has 3 aromatic carbocycles. The molecule has 45 heavy (non-hydrogen) atoms. The number of rotatable bonds is 17. The molecule has 2 atom stereocenters. The summed E-state index contributed by atoms with van der Waals surface area (Å²) < 4.78 is 15.0. The van der Waals surface area contributed by atoms with Crippen LogP contribution in [0.3, 0.4) is 0 Å². The fourth-order valence-electron chi connectivity index (χ4n) is 4.09. The molecule has 0 spiro atoms. The lowest BCUT2D eigenvalue weighted by atomic mass is 10.1. The van der Waals surface area contributed by atoms with E-state index in [1.807, 2.05) is 66.7 Å². The minimum atomic E-state index is -1.06. The van der Waals surface area contributed by atoms with E-state index in [1.165, 1.54) is 14.2 Å². The Bertz CT molecular complexity index is 1270. The number of unbranched alkanes of at least 4 members (excludes halogenated alkanes) is 2. The van der Waals surface area contributed by atoms with E-state index in [2.05, 4.69) is 20.1 Å². The predicted octanol–water partition coefficient (Wildman–Crippen LogP) is 5.66. The number of aliphatic hydroxyl groups excluding tert-OH is 1. The number of carbonyl (C=O) groups is 4. The van der Waals surface area contributed by atoms with Crippen molar-refractivity contribution in [1.29, 1.82) is 0 Å². The highest BCUT2D eigenvalue weighted by Crippen LogP contribution is 2.14. The number of amides is 2. The second-order valence-corrected chi connectivity index (χ2v) is 10.2. The minimum Gasteiger partial charge on any atom is -0.469 e. The van der Waals surface area contributed by atoms with Crippen LogP contribution >= 0.6 is 0 Å². The molecule has 0 aliphatic rings. The van der Waals surface area contributed by atoms with Gasteiger partial charge in [-0.05, 0) is 68.4 Å². The number of esters is 2. The number of aliphatic hydroxyl groups is 1. The van der Waals surface area contributed by atoms with Crippen molar-refractivity contribution in [1.82, 2.24) is 0 Å². The Kier molecular flexibility index (Phi) is 18.0. The third kappa shape index (κ3) is 16.2. The Labute approximate surface area is 265 Å². The highest BCUT2D eigenvalue weighted by atomic mass is 16.5. The van der Waals surface area contributed by atoms with Crippen LogP contribution in [0.5, 0.6) is 0 Å². The zero-order valence-corrected chi connectivity index (χ0v) is 26.0. The molecule has 10 nitrogen and oxygen atoms in total. The van der Waals surface area contributed by atoms with Crippen LogP contribution in [0.25, 0.3) is 0 Å². The van der Waals surface area contributed by atoms with Crippen LogP contribution in [0.1, 0.15) is 56.9 Å². The monoisotopic (exact) mass is 620 g/mol. The van der Waals surface area contributed by atoms with Crippen molar-refractivity contribution in [2.45, 2.75) is 70.2 Å². The maximum atomic E-state index is 12.6.